The van der Waals surface area contributed by atoms with Gasteiger partial charge >= 0.3 is 0 Å². The average molecular weight is 207 g/mol. The first-order valence-electron chi connectivity index (χ1n) is 5.73. The number of rotatable bonds is 4. The van der Waals surface area contributed by atoms with Gasteiger partial charge < -0.3 is 5.32 Å². The van der Waals surface area contributed by atoms with Crippen LogP contribution < -0.4 is 5.32 Å². The van der Waals surface area contributed by atoms with Gasteiger partial charge in [0.15, 0.2) is 0 Å². The summed E-state index contributed by atoms with van der Waals surface area (Å²) < 4.78 is 0. The lowest BCUT2D eigenvalue weighted by molar-refractivity contribution is 0.643. The molecule has 1 saturated carbocycles. The van der Waals surface area contributed by atoms with E-state index in [1.54, 1.807) is 15.3 Å². The van der Waals surface area contributed by atoms with E-state index in [0.29, 0.717) is 0 Å². The standard InChI is InChI=1S/C12H17NS/c1-2-10-6-11(14-12(10)3-1)8-13-7-9-4-5-9/h6,9,13H,1-5,7-8H2. The molecule has 1 heterocycles. The van der Waals surface area contributed by atoms with Crippen LogP contribution in [0.3, 0.4) is 0 Å². The summed E-state index contributed by atoms with van der Waals surface area (Å²) in [5, 5.41) is 3.56. The van der Waals surface area contributed by atoms with Crippen LogP contribution in [0, 0.1) is 5.92 Å². The van der Waals surface area contributed by atoms with Crippen molar-refractivity contribution in [2.75, 3.05) is 6.54 Å². The molecular formula is C12H17NS. The summed E-state index contributed by atoms with van der Waals surface area (Å²) >= 11 is 2.03. The maximum Gasteiger partial charge on any atom is 0.0300 e. The quantitative estimate of drug-likeness (QED) is 0.800. The van der Waals surface area contributed by atoms with E-state index in [1.807, 2.05) is 11.3 Å². The lowest BCUT2D eigenvalue weighted by Gasteiger charge is -2.00. The number of hydrogen-bond acceptors (Lipinski definition) is 2. The highest BCUT2D eigenvalue weighted by Gasteiger charge is 2.20. The Hall–Kier alpha value is -0.340. The molecule has 0 aromatic carbocycles. The zero-order chi connectivity index (χ0) is 9.38. The highest BCUT2D eigenvalue weighted by molar-refractivity contribution is 7.12. The summed E-state index contributed by atoms with van der Waals surface area (Å²) in [6.07, 6.45) is 6.95. The molecule has 0 spiro atoms. The third-order valence-corrected chi connectivity index (χ3v) is 4.46. The molecule has 0 aliphatic heterocycles. The number of thiophene rings is 1. The van der Waals surface area contributed by atoms with E-state index in [1.165, 1.54) is 38.6 Å². The molecule has 76 valence electrons. The molecule has 0 amide bonds. The molecule has 0 bridgehead atoms. The molecule has 3 rings (SSSR count). The van der Waals surface area contributed by atoms with Crippen LogP contribution in [0.25, 0.3) is 0 Å². The highest BCUT2D eigenvalue weighted by Crippen LogP contribution is 2.31. The second kappa shape index (κ2) is 3.67. The average Bonchev–Trinajstić information content (AvgIpc) is 2.73. The van der Waals surface area contributed by atoms with E-state index >= 15 is 0 Å². The van der Waals surface area contributed by atoms with Gasteiger partial charge in [-0.2, -0.15) is 0 Å². The van der Waals surface area contributed by atoms with Crippen molar-refractivity contribution in [3.05, 3.63) is 21.4 Å². The molecule has 1 aromatic heterocycles. The van der Waals surface area contributed by atoms with Crippen LogP contribution in [0.2, 0.25) is 0 Å². The van der Waals surface area contributed by atoms with Crippen molar-refractivity contribution in [1.29, 1.82) is 0 Å². The van der Waals surface area contributed by atoms with Gasteiger partial charge in [0.2, 0.25) is 0 Å². The Labute approximate surface area is 89.5 Å². The zero-order valence-corrected chi connectivity index (χ0v) is 9.33. The van der Waals surface area contributed by atoms with Crippen molar-refractivity contribution in [3.63, 3.8) is 0 Å². The van der Waals surface area contributed by atoms with Crippen LogP contribution in [-0.4, -0.2) is 6.54 Å². The number of hydrogen-bond donors (Lipinski definition) is 1. The molecule has 0 saturated heterocycles. The Morgan fingerprint density at radius 1 is 1.36 bits per heavy atom. The van der Waals surface area contributed by atoms with E-state index in [2.05, 4.69) is 11.4 Å². The summed E-state index contributed by atoms with van der Waals surface area (Å²) in [6, 6.07) is 2.42. The van der Waals surface area contributed by atoms with Crippen LogP contribution >= 0.6 is 11.3 Å². The summed E-state index contributed by atoms with van der Waals surface area (Å²) in [5.41, 5.74) is 1.64. The molecule has 2 aliphatic carbocycles. The van der Waals surface area contributed by atoms with Crippen molar-refractivity contribution in [2.45, 2.75) is 38.6 Å². The minimum Gasteiger partial charge on any atom is -0.312 e. The van der Waals surface area contributed by atoms with E-state index in [9.17, 15) is 0 Å². The number of fused-ring (bicyclic) bond motifs is 1. The summed E-state index contributed by atoms with van der Waals surface area (Å²) in [4.78, 5) is 3.21. The normalized spacial score (nSPS) is 20.0. The molecular weight excluding hydrogens is 190 g/mol. The van der Waals surface area contributed by atoms with Crippen LogP contribution in [0.1, 0.15) is 34.6 Å². The van der Waals surface area contributed by atoms with Gasteiger partial charge in [0.1, 0.15) is 0 Å². The lowest BCUT2D eigenvalue weighted by Crippen LogP contribution is -2.15. The Kier molecular flexibility index (Phi) is 2.34. The minimum absolute atomic E-state index is 1.00. The van der Waals surface area contributed by atoms with E-state index in [4.69, 9.17) is 0 Å². The number of nitrogens with one attached hydrogen (secondary N) is 1. The zero-order valence-electron chi connectivity index (χ0n) is 8.51. The van der Waals surface area contributed by atoms with Gasteiger partial charge in [0.05, 0.1) is 0 Å². The largest absolute Gasteiger partial charge is 0.312 e. The summed E-state index contributed by atoms with van der Waals surface area (Å²) in [6.45, 7) is 2.34. The molecule has 1 aromatic rings. The first-order chi connectivity index (χ1) is 6.92. The van der Waals surface area contributed by atoms with Gasteiger partial charge in [-0.15, -0.1) is 11.3 Å². The second-order valence-corrected chi connectivity index (χ2v) is 5.81. The minimum atomic E-state index is 1.00. The lowest BCUT2D eigenvalue weighted by atomic mass is 10.2. The molecule has 2 heteroatoms. The maximum absolute atomic E-state index is 3.56. The van der Waals surface area contributed by atoms with Gasteiger partial charge in [-0.3, -0.25) is 0 Å². The monoisotopic (exact) mass is 207 g/mol. The Bertz CT molecular complexity index is 304. The highest BCUT2D eigenvalue weighted by atomic mass is 32.1. The first-order valence-corrected chi connectivity index (χ1v) is 6.54. The topological polar surface area (TPSA) is 12.0 Å². The van der Waals surface area contributed by atoms with Gasteiger partial charge in [0.25, 0.3) is 0 Å². The summed E-state index contributed by atoms with van der Waals surface area (Å²) in [7, 11) is 0. The third kappa shape index (κ3) is 1.86. The molecule has 2 aliphatic rings. The molecule has 1 fully saturated rings. The molecule has 1 N–H and O–H groups in total. The van der Waals surface area contributed by atoms with Crippen molar-refractivity contribution in [1.82, 2.24) is 5.32 Å². The molecule has 0 radical (unpaired) electrons. The van der Waals surface area contributed by atoms with Crippen molar-refractivity contribution >= 4 is 11.3 Å². The van der Waals surface area contributed by atoms with Gasteiger partial charge in [-0.05, 0) is 56.2 Å². The number of aryl methyl sites for hydroxylation is 2. The predicted molar refractivity (Wildman–Crippen MR) is 60.8 cm³/mol. The smallest absolute Gasteiger partial charge is 0.0300 e. The Balaban J connectivity index is 1.55. The van der Waals surface area contributed by atoms with Crippen LogP contribution in [0.5, 0.6) is 0 Å². The van der Waals surface area contributed by atoms with Crippen molar-refractivity contribution in [3.8, 4) is 0 Å². The molecule has 0 unspecified atom stereocenters. The fourth-order valence-corrected chi connectivity index (χ4v) is 3.43. The molecule has 1 nitrogen and oxygen atoms in total. The second-order valence-electron chi connectivity index (χ2n) is 4.59. The van der Waals surface area contributed by atoms with Crippen LogP contribution in [0.15, 0.2) is 6.07 Å². The maximum atomic E-state index is 3.56. The van der Waals surface area contributed by atoms with Crippen LogP contribution in [-0.2, 0) is 19.4 Å². The fraction of sp³-hybridized carbons (Fsp3) is 0.667. The third-order valence-electron chi connectivity index (χ3n) is 3.23. The van der Waals surface area contributed by atoms with Gasteiger partial charge in [0, 0.05) is 16.3 Å². The van der Waals surface area contributed by atoms with Gasteiger partial charge in [-0.1, -0.05) is 0 Å². The predicted octanol–water partition coefficient (Wildman–Crippen LogP) is 2.74. The van der Waals surface area contributed by atoms with Crippen molar-refractivity contribution in [2.24, 2.45) is 5.92 Å². The Morgan fingerprint density at radius 2 is 2.29 bits per heavy atom. The SMILES string of the molecule is c1c(CNCC2CC2)sc2c1CCC2. The van der Waals surface area contributed by atoms with E-state index < -0.39 is 0 Å². The molecule has 14 heavy (non-hydrogen) atoms. The Morgan fingerprint density at radius 3 is 3.07 bits per heavy atom. The fourth-order valence-electron chi connectivity index (χ4n) is 2.20. The first kappa shape index (κ1) is 8.93. The van der Waals surface area contributed by atoms with E-state index in [0.717, 1.165) is 12.5 Å². The van der Waals surface area contributed by atoms with E-state index in [-0.39, 0.29) is 0 Å². The summed E-state index contributed by atoms with van der Waals surface area (Å²) in [5.74, 6) is 1.00. The van der Waals surface area contributed by atoms with Crippen LogP contribution in [0.4, 0.5) is 0 Å². The van der Waals surface area contributed by atoms with Gasteiger partial charge in [-0.25, -0.2) is 0 Å². The van der Waals surface area contributed by atoms with Crippen molar-refractivity contribution < 1.29 is 0 Å². The molecule has 0 atom stereocenters.